The Hall–Kier alpha value is -2.69. The number of rotatable bonds is 6. The molecule has 1 aromatic carbocycles. The minimum absolute atomic E-state index is 0.0894. The van der Waals surface area contributed by atoms with Crippen LogP contribution in [0.2, 0.25) is 0 Å². The predicted molar refractivity (Wildman–Crippen MR) is 82.9 cm³/mol. The monoisotopic (exact) mass is 298 g/mol. The number of carboxylic acid groups (broad SMARTS) is 1. The molecular formula is C17H18N2O3. The van der Waals surface area contributed by atoms with E-state index in [4.69, 9.17) is 5.11 Å². The maximum atomic E-state index is 12.4. The van der Waals surface area contributed by atoms with Gasteiger partial charge in [-0.1, -0.05) is 0 Å². The van der Waals surface area contributed by atoms with Gasteiger partial charge in [0.15, 0.2) is 0 Å². The van der Waals surface area contributed by atoms with Gasteiger partial charge in [0, 0.05) is 31.0 Å². The molecule has 0 unspecified atom stereocenters. The van der Waals surface area contributed by atoms with E-state index >= 15 is 0 Å². The van der Waals surface area contributed by atoms with Crippen molar-refractivity contribution >= 4 is 11.9 Å². The summed E-state index contributed by atoms with van der Waals surface area (Å²) in [5, 5.41) is 8.88. The number of hydrogen-bond donors (Lipinski definition) is 1. The van der Waals surface area contributed by atoms with Gasteiger partial charge < -0.3 is 10.0 Å². The standard InChI is InChI=1S/C17H18N2O3/c1-2-19(12-9-13-7-10-18-11-8-13)16(20)14-3-5-15(6-4-14)17(21)22/h3-8,10-11H,2,9,12H2,1H3,(H,21,22). The zero-order valence-corrected chi connectivity index (χ0v) is 12.4. The predicted octanol–water partition coefficient (Wildman–Crippen LogP) is 2.48. The quantitative estimate of drug-likeness (QED) is 0.889. The van der Waals surface area contributed by atoms with Gasteiger partial charge in [0.2, 0.25) is 0 Å². The molecular weight excluding hydrogens is 280 g/mol. The van der Waals surface area contributed by atoms with Crippen molar-refractivity contribution in [3.05, 3.63) is 65.5 Å². The van der Waals surface area contributed by atoms with Gasteiger partial charge >= 0.3 is 5.97 Å². The van der Waals surface area contributed by atoms with Crippen LogP contribution >= 0.6 is 0 Å². The molecule has 0 spiro atoms. The van der Waals surface area contributed by atoms with E-state index < -0.39 is 5.97 Å². The summed E-state index contributed by atoms with van der Waals surface area (Å²) in [6.07, 6.45) is 4.23. The number of amides is 1. The maximum absolute atomic E-state index is 12.4. The van der Waals surface area contributed by atoms with Crippen molar-refractivity contribution in [2.75, 3.05) is 13.1 Å². The van der Waals surface area contributed by atoms with E-state index in [1.165, 1.54) is 12.1 Å². The second kappa shape index (κ2) is 7.36. The largest absolute Gasteiger partial charge is 0.478 e. The second-order valence-corrected chi connectivity index (χ2v) is 4.87. The Morgan fingerprint density at radius 2 is 1.64 bits per heavy atom. The first-order valence-corrected chi connectivity index (χ1v) is 7.13. The smallest absolute Gasteiger partial charge is 0.335 e. The lowest BCUT2D eigenvalue weighted by Gasteiger charge is -2.21. The lowest BCUT2D eigenvalue weighted by atomic mass is 10.1. The molecule has 2 rings (SSSR count). The van der Waals surface area contributed by atoms with Gasteiger partial charge in [-0.05, 0) is 55.3 Å². The Morgan fingerprint density at radius 1 is 1.05 bits per heavy atom. The fraction of sp³-hybridized carbons (Fsp3) is 0.235. The first kappa shape index (κ1) is 15.7. The molecule has 5 heteroatoms. The Bertz CT molecular complexity index is 639. The van der Waals surface area contributed by atoms with Crippen molar-refractivity contribution in [3.63, 3.8) is 0 Å². The number of carbonyl (C=O) groups is 2. The summed E-state index contributed by atoms with van der Waals surface area (Å²) in [4.78, 5) is 29.0. The number of carboxylic acids is 1. The number of hydrogen-bond acceptors (Lipinski definition) is 3. The van der Waals surface area contributed by atoms with Gasteiger partial charge in [-0.2, -0.15) is 0 Å². The molecule has 0 fully saturated rings. The van der Waals surface area contributed by atoms with Crippen LogP contribution in [0.3, 0.4) is 0 Å². The van der Waals surface area contributed by atoms with E-state index in [9.17, 15) is 9.59 Å². The zero-order valence-electron chi connectivity index (χ0n) is 12.4. The molecule has 1 aromatic heterocycles. The summed E-state index contributed by atoms with van der Waals surface area (Å²) in [7, 11) is 0. The molecule has 0 bridgehead atoms. The third-order valence-corrected chi connectivity index (χ3v) is 3.47. The first-order chi connectivity index (χ1) is 10.6. The lowest BCUT2D eigenvalue weighted by molar-refractivity contribution is 0.0694. The summed E-state index contributed by atoms with van der Waals surface area (Å²) >= 11 is 0. The van der Waals surface area contributed by atoms with E-state index in [0.717, 1.165) is 12.0 Å². The van der Waals surface area contributed by atoms with Crippen molar-refractivity contribution in [3.8, 4) is 0 Å². The average Bonchev–Trinajstić information content (AvgIpc) is 2.56. The molecule has 5 nitrogen and oxygen atoms in total. The molecule has 0 radical (unpaired) electrons. The Balaban J connectivity index is 2.03. The molecule has 0 aliphatic heterocycles. The van der Waals surface area contributed by atoms with E-state index in [0.29, 0.717) is 18.7 Å². The molecule has 0 atom stereocenters. The summed E-state index contributed by atoms with van der Waals surface area (Å²) in [6.45, 7) is 3.14. The van der Waals surface area contributed by atoms with Crippen LogP contribution in [0, 0.1) is 0 Å². The maximum Gasteiger partial charge on any atom is 0.335 e. The summed E-state index contributed by atoms with van der Waals surface area (Å²) in [5.74, 6) is -1.09. The Labute approximate surface area is 129 Å². The number of carbonyl (C=O) groups excluding carboxylic acids is 1. The van der Waals surface area contributed by atoms with Gasteiger partial charge in [0.05, 0.1) is 5.56 Å². The van der Waals surface area contributed by atoms with Crippen LogP contribution in [0.15, 0.2) is 48.8 Å². The van der Waals surface area contributed by atoms with Crippen LogP contribution in [-0.4, -0.2) is 40.0 Å². The molecule has 1 N–H and O–H groups in total. The summed E-state index contributed by atoms with van der Waals surface area (Å²) < 4.78 is 0. The first-order valence-electron chi connectivity index (χ1n) is 7.13. The highest BCUT2D eigenvalue weighted by Crippen LogP contribution is 2.09. The number of nitrogens with zero attached hydrogens (tertiary/aromatic N) is 2. The van der Waals surface area contributed by atoms with Gasteiger partial charge in [0.1, 0.15) is 0 Å². The third-order valence-electron chi connectivity index (χ3n) is 3.47. The normalized spacial score (nSPS) is 10.2. The topological polar surface area (TPSA) is 70.5 Å². The molecule has 0 saturated carbocycles. The zero-order chi connectivity index (χ0) is 15.9. The Kier molecular flexibility index (Phi) is 5.25. The van der Waals surface area contributed by atoms with E-state index in [-0.39, 0.29) is 11.5 Å². The number of benzene rings is 1. The highest BCUT2D eigenvalue weighted by Gasteiger charge is 2.14. The number of pyridine rings is 1. The number of aromatic nitrogens is 1. The summed E-state index contributed by atoms with van der Waals surface area (Å²) in [6, 6.07) is 9.88. The molecule has 114 valence electrons. The SMILES string of the molecule is CCN(CCc1ccncc1)C(=O)c1ccc(C(=O)O)cc1. The molecule has 1 heterocycles. The number of aromatic carboxylic acids is 1. The lowest BCUT2D eigenvalue weighted by Crippen LogP contribution is -2.32. The van der Waals surface area contributed by atoms with Gasteiger partial charge in [-0.25, -0.2) is 4.79 Å². The fourth-order valence-electron chi connectivity index (χ4n) is 2.15. The fourth-order valence-corrected chi connectivity index (χ4v) is 2.15. The molecule has 0 saturated heterocycles. The summed E-state index contributed by atoms with van der Waals surface area (Å²) in [5.41, 5.74) is 1.81. The highest BCUT2D eigenvalue weighted by molar-refractivity contribution is 5.95. The minimum Gasteiger partial charge on any atom is -0.478 e. The Morgan fingerprint density at radius 3 is 2.18 bits per heavy atom. The molecule has 1 amide bonds. The van der Waals surface area contributed by atoms with Crippen molar-refractivity contribution in [2.24, 2.45) is 0 Å². The van der Waals surface area contributed by atoms with Crippen molar-refractivity contribution < 1.29 is 14.7 Å². The van der Waals surface area contributed by atoms with Crippen LogP contribution in [0.5, 0.6) is 0 Å². The minimum atomic E-state index is -0.996. The van der Waals surface area contributed by atoms with E-state index in [1.807, 2.05) is 19.1 Å². The van der Waals surface area contributed by atoms with Crippen LogP contribution in [0.4, 0.5) is 0 Å². The third kappa shape index (κ3) is 3.91. The van der Waals surface area contributed by atoms with Gasteiger partial charge in [-0.15, -0.1) is 0 Å². The van der Waals surface area contributed by atoms with Gasteiger partial charge in [-0.3, -0.25) is 9.78 Å². The van der Waals surface area contributed by atoms with Crippen LogP contribution in [0.1, 0.15) is 33.2 Å². The second-order valence-electron chi connectivity index (χ2n) is 4.87. The molecule has 0 aliphatic rings. The molecule has 22 heavy (non-hydrogen) atoms. The molecule has 2 aromatic rings. The van der Waals surface area contributed by atoms with E-state index in [1.54, 1.807) is 29.4 Å². The van der Waals surface area contributed by atoms with Crippen molar-refractivity contribution in [1.29, 1.82) is 0 Å². The van der Waals surface area contributed by atoms with Crippen LogP contribution in [0.25, 0.3) is 0 Å². The van der Waals surface area contributed by atoms with Crippen LogP contribution in [-0.2, 0) is 6.42 Å². The van der Waals surface area contributed by atoms with E-state index in [2.05, 4.69) is 4.98 Å². The van der Waals surface area contributed by atoms with Gasteiger partial charge in [0.25, 0.3) is 5.91 Å². The van der Waals surface area contributed by atoms with Crippen molar-refractivity contribution in [1.82, 2.24) is 9.88 Å². The number of likely N-dealkylation sites (N-methyl/N-ethyl adjacent to an activating group) is 1. The average molecular weight is 298 g/mol. The highest BCUT2D eigenvalue weighted by atomic mass is 16.4. The van der Waals surface area contributed by atoms with Crippen LogP contribution < -0.4 is 0 Å². The molecule has 0 aliphatic carbocycles. The van der Waals surface area contributed by atoms with Crippen molar-refractivity contribution in [2.45, 2.75) is 13.3 Å².